The molecule has 0 atom stereocenters. The maximum atomic E-state index is 15.0. The molecule has 0 aliphatic heterocycles. The summed E-state index contributed by atoms with van der Waals surface area (Å²) in [4.78, 5) is 0. The molecule has 0 saturated heterocycles. The van der Waals surface area contributed by atoms with Crippen molar-refractivity contribution in [2.75, 3.05) is 0 Å². The fourth-order valence-corrected chi connectivity index (χ4v) is 5.23. The van der Waals surface area contributed by atoms with Crippen LogP contribution in [0.25, 0.3) is 11.6 Å². The standard InChI is InChI=1S/C26H24F8/c1-2-3-14-4-6-18(7-5-14)25(31,32)26(33,34)19-12-22(29)24(23(30)13-19)17-8-15-10-20(27)21(28)11-16(15)9-17/h8,10-14,18H,2-7,9H2,1H3. The smallest absolute Gasteiger partial charge is 0.206 e. The Balaban J connectivity index is 1.61. The largest absolute Gasteiger partial charge is 0.335 e. The summed E-state index contributed by atoms with van der Waals surface area (Å²) in [6.07, 6.45) is 3.49. The van der Waals surface area contributed by atoms with Crippen LogP contribution in [-0.4, -0.2) is 5.92 Å². The minimum Gasteiger partial charge on any atom is -0.206 e. The van der Waals surface area contributed by atoms with Crippen molar-refractivity contribution in [2.45, 2.75) is 63.7 Å². The molecule has 2 aliphatic rings. The first kappa shape index (κ1) is 24.7. The molecule has 2 aliphatic carbocycles. The monoisotopic (exact) mass is 488 g/mol. The van der Waals surface area contributed by atoms with Gasteiger partial charge in [0.05, 0.1) is 0 Å². The van der Waals surface area contributed by atoms with Crippen LogP contribution in [0.1, 0.15) is 67.7 Å². The molecule has 184 valence electrons. The third kappa shape index (κ3) is 4.24. The van der Waals surface area contributed by atoms with Crippen LogP contribution in [0.15, 0.2) is 24.3 Å². The van der Waals surface area contributed by atoms with E-state index in [-0.39, 0.29) is 54.0 Å². The molecule has 0 unspecified atom stereocenters. The van der Waals surface area contributed by atoms with Crippen molar-refractivity contribution in [3.05, 3.63) is 69.8 Å². The SMILES string of the molecule is CCCC1CCC(C(F)(F)C(F)(F)c2cc(F)c(C3=Cc4cc(F)c(F)cc4C3)c(F)c2)CC1. The number of alkyl halides is 4. The normalized spacial score (nSPS) is 20.9. The molecule has 1 saturated carbocycles. The van der Waals surface area contributed by atoms with Gasteiger partial charge in [0.15, 0.2) is 11.6 Å². The van der Waals surface area contributed by atoms with Crippen LogP contribution < -0.4 is 0 Å². The first-order valence-corrected chi connectivity index (χ1v) is 11.4. The lowest BCUT2D eigenvalue weighted by Gasteiger charge is -2.37. The van der Waals surface area contributed by atoms with Gasteiger partial charge in [0.2, 0.25) is 0 Å². The fourth-order valence-electron chi connectivity index (χ4n) is 5.23. The second-order valence-electron chi connectivity index (χ2n) is 9.33. The summed E-state index contributed by atoms with van der Waals surface area (Å²) >= 11 is 0. The van der Waals surface area contributed by atoms with E-state index in [1.165, 1.54) is 6.08 Å². The van der Waals surface area contributed by atoms with Gasteiger partial charge in [-0.15, -0.1) is 0 Å². The predicted molar refractivity (Wildman–Crippen MR) is 113 cm³/mol. The molecule has 8 heteroatoms. The van der Waals surface area contributed by atoms with Gasteiger partial charge in [0.25, 0.3) is 0 Å². The molecule has 0 heterocycles. The Morgan fingerprint density at radius 1 is 0.794 bits per heavy atom. The molecule has 0 N–H and O–H groups in total. The average molecular weight is 488 g/mol. The van der Waals surface area contributed by atoms with Crippen LogP contribution in [-0.2, 0) is 12.3 Å². The second-order valence-corrected chi connectivity index (χ2v) is 9.33. The highest BCUT2D eigenvalue weighted by Gasteiger charge is 2.62. The Bertz CT molecular complexity index is 1090. The molecular weight excluding hydrogens is 464 g/mol. The van der Waals surface area contributed by atoms with Crippen molar-refractivity contribution in [1.29, 1.82) is 0 Å². The zero-order valence-corrected chi connectivity index (χ0v) is 18.5. The van der Waals surface area contributed by atoms with Gasteiger partial charge in [-0.3, -0.25) is 0 Å². The lowest BCUT2D eigenvalue weighted by atomic mass is 9.75. The molecule has 0 bridgehead atoms. The van der Waals surface area contributed by atoms with Gasteiger partial charge in [-0.25, -0.2) is 17.6 Å². The molecule has 0 radical (unpaired) electrons. The van der Waals surface area contributed by atoms with Crippen LogP contribution in [0.4, 0.5) is 35.1 Å². The summed E-state index contributed by atoms with van der Waals surface area (Å²) in [7, 11) is 0. The number of allylic oxidation sites excluding steroid dienone is 1. The van der Waals surface area contributed by atoms with Crippen LogP contribution in [0, 0.1) is 35.1 Å². The number of fused-ring (bicyclic) bond motifs is 1. The van der Waals surface area contributed by atoms with Crippen molar-refractivity contribution in [3.63, 3.8) is 0 Å². The molecule has 2 aromatic carbocycles. The molecule has 34 heavy (non-hydrogen) atoms. The molecule has 2 aromatic rings. The van der Waals surface area contributed by atoms with Gasteiger partial charge in [-0.05, 0) is 79.0 Å². The quantitative estimate of drug-likeness (QED) is 0.357. The van der Waals surface area contributed by atoms with Crippen molar-refractivity contribution in [3.8, 4) is 0 Å². The van der Waals surface area contributed by atoms with E-state index in [9.17, 15) is 35.1 Å². The van der Waals surface area contributed by atoms with Gasteiger partial charge in [-0.2, -0.15) is 17.6 Å². The first-order valence-electron chi connectivity index (χ1n) is 11.4. The molecule has 0 spiro atoms. The molecule has 1 fully saturated rings. The van der Waals surface area contributed by atoms with Crippen molar-refractivity contribution >= 4 is 11.6 Å². The van der Waals surface area contributed by atoms with E-state index in [1.54, 1.807) is 0 Å². The molecule has 0 amide bonds. The summed E-state index contributed by atoms with van der Waals surface area (Å²) in [5.74, 6) is -15.7. The Kier molecular flexibility index (Phi) is 6.55. The highest BCUT2D eigenvalue weighted by Crippen LogP contribution is 2.52. The highest BCUT2D eigenvalue weighted by atomic mass is 19.3. The van der Waals surface area contributed by atoms with E-state index < -0.39 is 52.2 Å². The topological polar surface area (TPSA) is 0 Å². The number of benzene rings is 2. The minimum atomic E-state index is -4.77. The fraction of sp³-hybridized carbons (Fsp3) is 0.462. The zero-order chi connectivity index (χ0) is 24.8. The second kappa shape index (κ2) is 9.00. The van der Waals surface area contributed by atoms with Crippen LogP contribution in [0.3, 0.4) is 0 Å². The number of hydrogen-bond donors (Lipinski definition) is 0. The van der Waals surface area contributed by atoms with Gasteiger partial charge >= 0.3 is 11.8 Å². The van der Waals surface area contributed by atoms with Gasteiger partial charge in [-0.1, -0.05) is 25.8 Å². The maximum Gasteiger partial charge on any atom is 0.335 e. The van der Waals surface area contributed by atoms with Gasteiger partial charge in [0.1, 0.15) is 11.6 Å². The number of halogens is 8. The number of rotatable bonds is 6. The summed E-state index contributed by atoms with van der Waals surface area (Å²) in [5, 5.41) is 0. The summed E-state index contributed by atoms with van der Waals surface area (Å²) in [5.41, 5.74) is -1.66. The summed E-state index contributed by atoms with van der Waals surface area (Å²) in [6.45, 7) is 1.97. The first-order chi connectivity index (χ1) is 16.0. The minimum absolute atomic E-state index is 0.0223. The van der Waals surface area contributed by atoms with E-state index in [0.29, 0.717) is 12.8 Å². The average Bonchev–Trinajstić information content (AvgIpc) is 3.16. The third-order valence-corrected chi connectivity index (χ3v) is 7.09. The summed E-state index contributed by atoms with van der Waals surface area (Å²) in [6, 6.07) is 2.23. The van der Waals surface area contributed by atoms with Crippen LogP contribution in [0.2, 0.25) is 0 Å². The zero-order valence-electron chi connectivity index (χ0n) is 18.5. The lowest BCUT2D eigenvalue weighted by molar-refractivity contribution is -0.249. The molecule has 0 aromatic heterocycles. The molecule has 4 rings (SSSR count). The molecular formula is C26H24F8. The van der Waals surface area contributed by atoms with Crippen molar-refractivity contribution in [2.24, 2.45) is 11.8 Å². The van der Waals surface area contributed by atoms with E-state index >= 15 is 0 Å². The van der Waals surface area contributed by atoms with E-state index in [2.05, 4.69) is 0 Å². The van der Waals surface area contributed by atoms with Crippen LogP contribution >= 0.6 is 0 Å². The number of hydrogen-bond acceptors (Lipinski definition) is 0. The Hall–Kier alpha value is -2.38. The molecule has 0 nitrogen and oxygen atoms in total. The van der Waals surface area contributed by atoms with Gasteiger partial charge < -0.3 is 0 Å². The van der Waals surface area contributed by atoms with E-state index in [4.69, 9.17) is 0 Å². The maximum absolute atomic E-state index is 15.0. The summed E-state index contributed by atoms with van der Waals surface area (Å²) < 4.78 is 116. The van der Waals surface area contributed by atoms with Crippen LogP contribution in [0.5, 0.6) is 0 Å². The third-order valence-electron chi connectivity index (χ3n) is 7.09. The van der Waals surface area contributed by atoms with E-state index in [1.807, 2.05) is 6.92 Å². The highest BCUT2D eigenvalue weighted by molar-refractivity contribution is 5.89. The van der Waals surface area contributed by atoms with E-state index in [0.717, 1.165) is 25.0 Å². The Morgan fingerprint density at radius 3 is 1.97 bits per heavy atom. The van der Waals surface area contributed by atoms with Gasteiger partial charge in [0, 0.05) is 17.0 Å². The Labute approximate surface area is 192 Å². The predicted octanol–water partition coefficient (Wildman–Crippen LogP) is 8.67. The van der Waals surface area contributed by atoms with Crippen molar-refractivity contribution < 1.29 is 35.1 Å². The lowest BCUT2D eigenvalue weighted by Crippen LogP contribution is -2.45. The van der Waals surface area contributed by atoms with Crippen molar-refractivity contribution in [1.82, 2.24) is 0 Å². The Morgan fingerprint density at radius 2 is 1.38 bits per heavy atom.